The maximum absolute atomic E-state index is 8.29. The summed E-state index contributed by atoms with van der Waals surface area (Å²) in [5.74, 6) is -0.648. The Morgan fingerprint density at radius 1 is 1.38 bits per heavy atom. The van der Waals surface area contributed by atoms with Crippen molar-refractivity contribution < 1.29 is 18.9 Å². The maximum atomic E-state index is 8.29. The van der Waals surface area contributed by atoms with Crippen LogP contribution >= 0.6 is 0 Å². The summed E-state index contributed by atoms with van der Waals surface area (Å²) in [6.07, 6.45) is -1.29. The molecule has 7 heteroatoms. The van der Waals surface area contributed by atoms with E-state index in [1.807, 2.05) is 13.8 Å². The zero-order valence-electron chi connectivity index (χ0n) is 9.49. The van der Waals surface area contributed by atoms with Crippen LogP contribution in [0.2, 0.25) is 0 Å². The highest BCUT2D eigenvalue weighted by atomic mass is 16.8. The topological polar surface area (TPSA) is 85.7 Å². The van der Waals surface area contributed by atoms with Gasteiger partial charge in [-0.2, -0.15) is 0 Å². The van der Waals surface area contributed by atoms with Crippen LogP contribution in [0.5, 0.6) is 0 Å². The van der Waals surface area contributed by atoms with Gasteiger partial charge >= 0.3 is 0 Å². The average Bonchev–Trinajstić information content (AvgIpc) is 2.69. The molecule has 0 amide bonds. The fraction of sp³-hybridized carbons (Fsp3) is 1.00. The van der Waals surface area contributed by atoms with Gasteiger partial charge in [0.15, 0.2) is 12.1 Å². The fourth-order valence-corrected chi connectivity index (χ4v) is 2.10. The molecule has 2 rings (SSSR count). The van der Waals surface area contributed by atoms with Gasteiger partial charge in [-0.15, -0.1) is 0 Å². The summed E-state index contributed by atoms with van der Waals surface area (Å²) in [6.45, 7) is 3.89. The number of hydrogen-bond acceptors (Lipinski definition) is 5. The summed E-state index contributed by atoms with van der Waals surface area (Å²) in [6, 6.07) is 0. The van der Waals surface area contributed by atoms with Crippen molar-refractivity contribution in [1.82, 2.24) is 0 Å². The predicted molar refractivity (Wildman–Crippen MR) is 53.5 cm³/mol. The molecule has 2 aliphatic rings. The highest BCUT2D eigenvalue weighted by Crippen LogP contribution is 2.38. The molecule has 2 fully saturated rings. The summed E-state index contributed by atoms with van der Waals surface area (Å²) < 4.78 is 22.1. The molecular formula is C9H15N3O4. The highest BCUT2D eigenvalue weighted by Gasteiger charge is 2.55. The Morgan fingerprint density at radius 3 is 2.69 bits per heavy atom. The number of nitrogens with zero attached hydrogens (tertiary/aromatic N) is 3. The van der Waals surface area contributed by atoms with E-state index in [-0.39, 0.29) is 24.9 Å². The first-order chi connectivity index (χ1) is 7.57. The molecule has 90 valence electrons. The van der Waals surface area contributed by atoms with Gasteiger partial charge in [0.2, 0.25) is 0 Å². The second-order valence-corrected chi connectivity index (χ2v) is 4.26. The molecule has 2 heterocycles. The monoisotopic (exact) mass is 229 g/mol. The van der Waals surface area contributed by atoms with E-state index in [0.29, 0.717) is 0 Å². The number of hydrogen-bond donors (Lipinski definition) is 0. The summed E-state index contributed by atoms with van der Waals surface area (Å²) >= 11 is 0. The Bertz CT molecular complexity index is 316. The van der Waals surface area contributed by atoms with Crippen LogP contribution in [0.15, 0.2) is 5.11 Å². The van der Waals surface area contributed by atoms with E-state index in [1.165, 1.54) is 0 Å². The molecule has 0 bridgehead atoms. The lowest BCUT2D eigenvalue weighted by Gasteiger charge is -2.22. The van der Waals surface area contributed by atoms with E-state index in [9.17, 15) is 0 Å². The maximum Gasteiger partial charge on any atom is 0.186 e. The molecule has 2 aliphatic heterocycles. The molecule has 0 saturated carbocycles. The van der Waals surface area contributed by atoms with Crippen molar-refractivity contribution in [3.05, 3.63) is 10.4 Å². The first-order valence-electron chi connectivity index (χ1n) is 5.12. The SMILES string of the molecule is COC1OC(CN=[N+]=[N-])C2OC(C)(C)OC12. The Balaban J connectivity index is 2.10. The van der Waals surface area contributed by atoms with E-state index in [0.717, 1.165) is 0 Å². The van der Waals surface area contributed by atoms with Gasteiger partial charge < -0.3 is 18.9 Å². The van der Waals surface area contributed by atoms with Crippen LogP contribution in [0.1, 0.15) is 13.8 Å². The van der Waals surface area contributed by atoms with Crippen LogP contribution in [0.3, 0.4) is 0 Å². The second kappa shape index (κ2) is 4.20. The smallest absolute Gasteiger partial charge is 0.186 e. The van der Waals surface area contributed by atoms with Gasteiger partial charge in [0.05, 0.1) is 12.6 Å². The van der Waals surface area contributed by atoms with Crippen molar-refractivity contribution in [3.8, 4) is 0 Å². The van der Waals surface area contributed by atoms with E-state index >= 15 is 0 Å². The van der Waals surface area contributed by atoms with Crippen LogP contribution in [0.25, 0.3) is 10.4 Å². The number of methoxy groups -OCH3 is 1. The van der Waals surface area contributed by atoms with Crippen molar-refractivity contribution in [1.29, 1.82) is 0 Å². The number of rotatable bonds is 3. The zero-order valence-corrected chi connectivity index (χ0v) is 9.49. The van der Waals surface area contributed by atoms with Crippen molar-refractivity contribution in [2.75, 3.05) is 13.7 Å². The largest absolute Gasteiger partial charge is 0.353 e. The lowest BCUT2D eigenvalue weighted by atomic mass is 10.1. The van der Waals surface area contributed by atoms with Crippen molar-refractivity contribution in [2.24, 2.45) is 5.11 Å². The summed E-state index contributed by atoms with van der Waals surface area (Å²) in [7, 11) is 1.55. The predicted octanol–water partition coefficient (Wildman–Crippen LogP) is 1.19. The van der Waals surface area contributed by atoms with Crippen molar-refractivity contribution in [3.63, 3.8) is 0 Å². The summed E-state index contributed by atoms with van der Waals surface area (Å²) in [4.78, 5) is 2.71. The number of azide groups is 1. The fourth-order valence-electron chi connectivity index (χ4n) is 2.10. The Morgan fingerprint density at radius 2 is 2.06 bits per heavy atom. The van der Waals surface area contributed by atoms with Crippen molar-refractivity contribution >= 4 is 0 Å². The lowest BCUT2D eigenvalue weighted by molar-refractivity contribution is -0.225. The Labute approximate surface area is 93.2 Å². The van der Waals surface area contributed by atoms with Crippen LogP contribution in [-0.4, -0.2) is 44.0 Å². The molecule has 4 atom stereocenters. The van der Waals surface area contributed by atoms with Gasteiger partial charge in [-0.25, -0.2) is 0 Å². The molecule has 0 spiro atoms. The lowest BCUT2D eigenvalue weighted by Crippen LogP contribution is -2.31. The first-order valence-corrected chi connectivity index (χ1v) is 5.12. The van der Waals surface area contributed by atoms with Crippen molar-refractivity contribution in [2.45, 2.75) is 44.2 Å². The molecule has 2 saturated heterocycles. The summed E-state index contributed by atoms with van der Waals surface area (Å²) in [5, 5.41) is 3.50. The normalized spacial score (nSPS) is 40.4. The van der Waals surface area contributed by atoms with E-state index < -0.39 is 12.1 Å². The summed E-state index contributed by atoms with van der Waals surface area (Å²) in [5.41, 5.74) is 8.29. The average molecular weight is 229 g/mol. The third-order valence-electron chi connectivity index (χ3n) is 2.66. The van der Waals surface area contributed by atoms with E-state index in [2.05, 4.69) is 10.0 Å². The third kappa shape index (κ3) is 2.00. The molecule has 4 unspecified atom stereocenters. The highest BCUT2D eigenvalue weighted by molar-refractivity contribution is 4.95. The Hall–Kier alpha value is -0.850. The number of fused-ring (bicyclic) bond motifs is 1. The van der Waals surface area contributed by atoms with Gasteiger partial charge in [0.1, 0.15) is 12.2 Å². The minimum Gasteiger partial charge on any atom is -0.353 e. The molecule has 16 heavy (non-hydrogen) atoms. The van der Waals surface area contributed by atoms with E-state index in [1.54, 1.807) is 7.11 Å². The van der Waals surface area contributed by atoms with Gasteiger partial charge in [-0.1, -0.05) is 5.11 Å². The van der Waals surface area contributed by atoms with Gasteiger partial charge in [0.25, 0.3) is 0 Å². The minimum absolute atomic E-state index is 0.219. The van der Waals surface area contributed by atoms with Crippen LogP contribution in [0, 0.1) is 0 Å². The molecule has 0 aromatic carbocycles. The molecule has 0 aromatic rings. The van der Waals surface area contributed by atoms with Crippen LogP contribution in [0.4, 0.5) is 0 Å². The number of ether oxygens (including phenoxy) is 4. The zero-order chi connectivity index (χ0) is 11.8. The molecule has 0 N–H and O–H groups in total. The second-order valence-electron chi connectivity index (χ2n) is 4.26. The minimum atomic E-state index is -0.648. The molecule has 0 radical (unpaired) electrons. The molecule has 0 aromatic heterocycles. The van der Waals surface area contributed by atoms with Crippen LogP contribution in [-0.2, 0) is 18.9 Å². The molecule has 7 nitrogen and oxygen atoms in total. The van der Waals surface area contributed by atoms with Gasteiger partial charge in [-0.3, -0.25) is 0 Å². The molecule has 0 aliphatic carbocycles. The van der Waals surface area contributed by atoms with Crippen LogP contribution < -0.4 is 0 Å². The first kappa shape index (κ1) is 11.6. The standard InChI is InChI=1S/C9H15N3O4/c1-9(2)15-6-5(4-11-12-10)14-8(13-3)7(6)16-9/h5-8H,4H2,1-3H3. The third-order valence-corrected chi connectivity index (χ3v) is 2.66. The van der Waals surface area contributed by atoms with Gasteiger partial charge in [0, 0.05) is 12.0 Å². The van der Waals surface area contributed by atoms with Gasteiger partial charge in [-0.05, 0) is 19.4 Å². The van der Waals surface area contributed by atoms with E-state index in [4.69, 9.17) is 24.5 Å². The Kier molecular flexibility index (Phi) is 3.05. The molecular weight excluding hydrogens is 214 g/mol. The quantitative estimate of drug-likeness (QED) is 0.413.